The zero-order valence-electron chi connectivity index (χ0n) is 6.38. The minimum atomic E-state index is -0.516. The summed E-state index contributed by atoms with van der Waals surface area (Å²) in [5.41, 5.74) is 0.0652. The number of terminal acetylenes is 1. The molecule has 1 aromatic carbocycles. The summed E-state index contributed by atoms with van der Waals surface area (Å²) in [7, 11) is 0. The molecule has 0 spiro atoms. The van der Waals surface area contributed by atoms with Crippen LogP contribution in [0.15, 0.2) is 24.3 Å². The Bertz CT molecular complexity index is 336. The van der Waals surface area contributed by atoms with Crippen LogP contribution >= 0.6 is 0 Å². The van der Waals surface area contributed by atoms with Gasteiger partial charge in [-0.2, -0.15) is 0 Å². The summed E-state index contributed by atoms with van der Waals surface area (Å²) < 4.78 is 12.9. The molecule has 0 fully saturated rings. The van der Waals surface area contributed by atoms with Crippen molar-refractivity contribution in [2.45, 2.75) is 6.42 Å². The topological polar surface area (TPSA) is 17.1 Å². The first kappa shape index (κ1) is 8.48. The molecule has 60 valence electrons. The summed E-state index contributed by atoms with van der Waals surface area (Å²) in [6.07, 6.45) is 4.87. The minimum absolute atomic E-state index is 0.0546. The van der Waals surface area contributed by atoms with E-state index in [4.69, 9.17) is 6.42 Å². The lowest BCUT2D eigenvalue weighted by atomic mass is 10.1. The van der Waals surface area contributed by atoms with Crippen molar-refractivity contribution in [3.63, 3.8) is 0 Å². The third-order valence-corrected chi connectivity index (χ3v) is 1.44. The minimum Gasteiger partial charge on any atom is -0.293 e. The predicted octanol–water partition coefficient (Wildman–Crippen LogP) is 2.03. The summed E-state index contributed by atoms with van der Waals surface area (Å²) in [6.45, 7) is 0. The number of carbonyl (C=O) groups excluding carboxylic acids is 1. The van der Waals surface area contributed by atoms with Crippen LogP contribution in [0.4, 0.5) is 4.39 Å². The van der Waals surface area contributed by atoms with Gasteiger partial charge in [-0.1, -0.05) is 18.1 Å². The highest BCUT2D eigenvalue weighted by Crippen LogP contribution is 2.08. The van der Waals surface area contributed by atoms with Crippen molar-refractivity contribution in [1.29, 1.82) is 0 Å². The average Bonchev–Trinajstić information content (AvgIpc) is 2.05. The van der Waals surface area contributed by atoms with Crippen LogP contribution in [0.3, 0.4) is 0 Å². The Morgan fingerprint density at radius 2 is 2.17 bits per heavy atom. The molecule has 12 heavy (non-hydrogen) atoms. The van der Waals surface area contributed by atoms with Crippen molar-refractivity contribution in [2.75, 3.05) is 0 Å². The Morgan fingerprint density at radius 3 is 2.75 bits per heavy atom. The van der Waals surface area contributed by atoms with E-state index in [1.165, 1.54) is 18.2 Å². The molecule has 0 saturated carbocycles. The van der Waals surface area contributed by atoms with Gasteiger partial charge in [0, 0.05) is 0 Å². The van der Waals surface area contributed by atoms with Crippen molar-refractivity contribution in [3.05, 3.63) is 35.6 Å². The fourth-order valence-corrected chi connectivity index (χ4v) is 0.875. The van der Waals surface area contributed by atoms with Crippen LogP contribution in [0.5, 0.6) is 0 Å². The molecule has 0 unspecified atom stereocenters. The summed E-state index contributed by atoms with van der Waals surface area (Å²) in [5, 5.41) is 0. The third-order valence-electron chi connectivity index (χ3n) is 1.44. The number of halogens is 1. The fourth-order valence-electron chi connectivity index (χ4n) is 0.875. The Balaban J connectivity index is 2.97. The van der Waals surface area contributed by atoms with Crippen LogP contribution in [0.25, 0.3) is 0 Å². The monoisotopic (exact) mass is 162 g/mol. The van der Waals surface area contributed by atoms with E-state index < -0.39 is 5.82 Å². The lowest BCUT2D eigenvalue weighted by molar-refractivity contribution is 0.0994. The maximum Gasteiger partial charge on any atom is 0.177 e. The highest BCUT2D eigenvalue weighted by Gasteiger charge is 2.08. The summed E-state index contributed by atoms with van der Waals surface area (Å²) in [6, 6.07) is 5.80. The van der Waals surface area contributed by atoms with Gasteiger partial charge >= 0.3 is 0 Å². The Hall–Kier alpha value is -1.62. The van der Waals surface area contributed by atoms with Crippen LogP contribution in [0.2, 0.25) is 0 Å². The van der Waals surface area contributed by atoms with Crippen LogP contribution in [-0.4, -0.2) is 5.78 Å². The van der Waals surface area contributed by atoms with Crippen LogP contribution in [0.1, 0.15) is 16.8 Å². The molecule has 1 nitrogen and oxygen atoms in total. The van der Waals surface area contributed by atoms with Gasteiger partial charge in [-0.05, 0) is 12.1 Å². The molecule has 0 aliphatic carbocycles. The van der Waals surface area contributed by atoms with E-state index in [1.807, 2.05) is 0 Å². The van der Waals surface area contributed by atoms with E-state index in [0.29, 0.717) is 0 Å². The van der Waals surface area contributed by atoms with E-state index in [-0.39, 0.29) is 17.8 Å². The molecule has 0 bridgehead atoms. The lowest BCUT2D eigenvalue weighted by Crippen LogP contribution is -2.00. The number of benzene rings is 1. The van der Waals surface area contributed by atoms with Crippen LogP contribution < -0.4 is 0 Å². The number of hydrogen-bond donors (Lipinski definition) is 0. The molecule has 0 saturated heterocycles. The van der Waals surface area contributed by atoms with E-state index in [0.717, 1.165) is 0 Å². The first-order valence-corrected chi connectivity index (χ1v) is 3.47. The Morgan fingerprint density at radius 1 is 1.50 bits per heavy atom. The van der Waals surface area contributed by atoms with Gasteiger partial charge in [-0.25, -0.2) is 4.39 Å². The molecule has 1 aromatic rings. The molecule has 2 heteroatoms. The number of ketones is 1. The predicted molar refractivity (Wildman–Crippen MR) is 44.2 cm³/mol. The second kappa shape index (κ2) is 3.68. The smallest absolute Gasteiger partial charge is 0.177 e. The van der Waals surface area contributed by atoms with Gasteiger partial charge in [0.15, 0.2) is 5.78 Å². The first-order valence-electron chi connectivity index (χ1n) is 3.47. The lowest BCUT2D eigenvalue weighted by Gasteiger charge is -1.97. The molecule has 0 atom stereocenters. The maximum absolute atomic E-state index is 12.9. The van der Waals surface area contributed by atoms with E-state index in [2.05, 4.69) is 5.92 Å². The van der Waals surface area contributed by atoms with Gasteiger partial charge in [0.05, 0.1) is 12.0 Å². The maximum atomic E-state index is 12.9. The molecule has 0 amide bonds. The second-order valence-electron chi connectivity index (χ2n) is 2.28. The van der Waals surface area contributed by atoms with Gasteiger partial charge in [-0.3, -0.25) is 4.79 Å². The molecule has 0 N–H and O–H groups in total. The SMILES string of the molecule is C#CCC(=O)c1ccccc1F. The average molecular weight is 162 g/mol. The summed E-state index contributed by atoms with van der Waals surface area (Å²) >= 11 is 0. The third kappa shape index (κ3) is 1.70. The van der Waals surface area contributed by atoms with Crippen LogP contribution in [0, 0.1) is 18.2 Å². The van der Waals surface area contributed by atoms with Crippen molar-refractivity contribution in [3.8, 4) is 12.3 Å². The van der Waals surface area contributed by atoms with E-state index in [9.17, 15) is 9.18 Å². The molecular weight excluding hydrogens is 155 g/mol. The van der Waals surface area contributed by atoms with E-state index >= 15 is 0 Å². The Kier molecular flexibility index (Phi) is 2.60. The van der Waals surface area contributed by atoms with Gasteiger partial charge < -0.3 is 0 Å². The second-order valence-corrected chi connectivity index (χ2v) is 2.28. The van der Waals surface area contributed by atoms with Gasteiger partial charge in [0.2, 0.25) is 0 Å². The molecule has 0 aromatic heterocycles. The number of hydrogen-bond acceptors (Lipinski definition) is 1. The first-order chi connectivity index (χ1) is 5.75. The van der Waals surface area contributed by atoms with Gasteiger partial charge in [0.1, 0.15) is 5.82 Å². The van der Waals surface area contributed by atoms with Crippen molar-refractivity contribution in [1.82, 2.24) is 0 Å². The molecule has 0 aliphatic heterocycles. The largest absolute Gasteiger partial charge is 0.293 e. The van der Waals surface area contributed by atoms with Gasteiger partial charge in [0.25, 0.3) is 0 Å². The van der Waals surface area contributed by atoms with Gasteiger partial charge in [-0.15, -0.1) is 6.42 Å². The quantitative estimate of drug-likeness (QED) is 0.480. The number of Topliss-reactive ketones (excluding diaryl/α,β-unsaturated/α-hetero) is 1. The molecular formula is C10H7FO. The molecule has 0 radical (unpaired) electrons. The standard InChI is InChI=1S/C10H7FO/c1-2-5-10(12)8-6-3-4-7-9(8)11/h1,3-4,6-7H,5H2. The summed E-state index contributed by atoms with van der Waals surface area (Å²) in [4.78, 5) is 11.1. The zero-order valence-corrected chi connectivity index (χ0v) is 6.38. The van der Waals surface area contributed by atoms with Crippen molar-refractivity contribution < 1.29 is 9.18 Å². The normalized spacial score (nSPS) is 9.00. The fraction of sp³-hybridized carbons (Fsp3) is 0.100. The van der Waals surface area contributed by atoms with Crippen LogP contribution in [-0.2, 0) is 0 Å². The van der Waals surface area contributed by atoms with Crippen molar-refractivity contribution >= 4 is 5.78 Å². The zero-order chi connectivity index (χ0) is 8.97. The summed E-state index contributed by atoms with van der Waals surface area (Å²) in [5.74, 6) is 1.31. The molecule has 0 heterocycles. The van der Waals surface area contributed by atoms with Crippen molar-refractivity contribution in [2.24, 2.45) is 0 Å². The number of rotatable bonds is 2. The van der Waals surface area contributed by atoms with E-state index in [1.54, 1.807) is 6.07 Å². The molecule has 0 aliphatic rings. The highest BCUT2D eigenvalue weighted by molar-refractivity contribution is 5.97. The number of carbonyl (C=O) groups is 1. The Labute approximate surface area is 70.2 Å². The highest BCUT2D eigenvalue weighted by atomic mass is 19.1. The molecule has 1 rings (SSSR count).